The van der Waals surface area contributed by atoms with E-state index in [9.17, 15) is 14.4 Å². The van der Waals surface area contributed by atoms with Crippen molar-refractivity contribution in [1.29, 1.82) is 0 Å². The number of aliphatic imine (C=N–C) groups is 1. The number of esters is 1. The normalized spacial score (nSPS) is 14.4. The summed E-state index contributed by atoms with van der Waals surface area (Å²) in [5.74, 6) is 1.47. The van der Waals surface area contributed by atoms with E-state index < -0.39 is 23.8 Å². The van der Waals surface area contributed by atoms with Gasteiger partial charge in [-0.05, 0) is 25.0 Å². The molecule has 1 atom stereocenters. The zero-order valence-corrected chi connectivity index (χ0v) is 18.5. The number of anilines is 1. The topological polar surface area (TPSA) is 106 Å². The minimum Gasteiger partial charge on any atom is -0.462 e. The van der Waals surface area contributed by atoms with Gasteiger partial charge in [-0.25, -0.2) is 4.79 Å². The quantitative estimate of drug-likeness (QED) is 0.235. The highest BCUT2D eigenvalue weighted by atomic mass is 16.5. The first kappa shape index (κ1) is 22.7. The molecule has 32 heavy (non-hydrogen) atoms. The predicted molar refractivity (Wildman–Crippen MR) is 119 cm³/mol. The van der Waals surface area contributed by atoms with E-state index in [1.807, 2.05) is 13.8 Å². The van der Waals surface area contributed by atoms with Gasteiger partial charge in [-0.3, -0.25) is 24.2 Å². The van der Waals surface area contributed by atoms with Crippen molar-refractivity contribution in [2.75, 3.05) is 18.5 Å². The highest BCUT2D eigenvalue weighted by Gasteiger charge is 2.43. The molecule has 0 saturated carbocycles. The first-order valence-corrected chi connectivity index (χ1v) is 10.2. The van der Waals surface area contributed by atoms with Crippen molar-refractivity contribution in [2.24, 2.45) is 18.0 Å². The van der Waals surface area contributed by atoms with Crippen LogP contribution < -0.4 is 5.32 Å². The minimum atomic E-state index is -0.749. The number of fused-ring (bicyclic) bond motifs is 1. The van der Waals surface area contributed by atoms with Crippen molar-refractivity contribution in [3.8, 4) is 12.3 Å². The molecule has 1 aliphatic heterocycles. The molecule has 2 heterocycles. The summed E-state index contributed by atoms with van der Waals surface area (Å²) < 4.78 is 6.56. The fourth-order valence-electron chi connectivity index (χ4n) is 3.60. The average molecular weight is 435 g/mol. The fraction of sp³-hybridized carbons (Fsp3) is 0.348. The SMILES string of the molecule is C#CCN=C(Nc1c(C(=O)OCC)cnn1C)C(C(C)C)N1C(=O)c2ccccc2C1=O. The summed E-state index contributed by atoms with van der Waals surface area (Å²) >= 11 is 0. The lowest BCUT2D eigenvalue weighted by atomic mass is 10.0. The van der Waals surface area contributed by atoms with Crippen LogP contribution in [0.2, 0.25) is 0 Å². The van der Waals surface area contributed by atoms with Crippen molar-refractivity contribution in [3.63, 3.8) is 0 Å². The van der Waals surface area contributed by atoms with Gasteiger partial charge >= 0.3 is 5.97 Å². The lowest BCUT2D eigenvalue weighted by Gasteiger charge is -2.31. The molecule has 1 aliphatic rings. The molecule has 2 amide bonds. The monoisotopic (exact) mass is 435 g/mol. The Bertz CT molecular complexity index is 1090. The van der Waals surface area contributed by atoms with Crippen LogP contribution in [-0.4, -0.2) is 57.5 Å². The third kappa shape index (κ3) is 4.12. The van der Waals surface area contributed by atoms with Crippen LogP contribution in [0.4, 0.5) is 5.82 Å². The van der Waals surface area contributed by atoms with Gasteiger partial charge in [0.15, 0.2) is 0 Å². The number of carbonyl (C=O) groups is 3. The third-order valence-corrected chi connectivity index (χ3v) is 5.04. The van der Waals surface area contributed by atoms with Crippen LogP contribution in [0.5, 0.6) is 0 Å². The number of aryl methyl sites for hydroxylation is 1. The Hall–Kier alpha value is -3.93. The number of carbonyl (C=O) groups excluding carboxylic acids is 3. The summed E-state index contributed by atoms with van der Waals surface area (Å²) in [6, 6.07) is 5.92. The highest BCUT2D eigenvalue weighted by molar-refractivity contribution is 6.23. The molecule has 1 aromatic heterocycles. The smallest absolute Gasteiger partial charge is 0.343 e. The highest BCUT2D eigenvalue weighted by Crippen LogP contribution is 2.28. The number of ether oxygens (including phenoxy) is 1. The molecule has 1 N–H and O–H groups in total. The van der Waals surface area contributed by atoms with Crippen molar-refractivity contribution < 1.29 is 19.1 Å². The second-order valence-electron chi connectivity index (χ2n) is 7.50. The van der Waals surface area contributed by atoms with E-state index >= 15 is 0 Å². The maximum atomic E-state index is 13.2. The van der Waals surface area contributed by atoms with Crippen LogP contribution in [0.1, 0.15) is 51.8 Å². The van der Waals surface area contributed by atoms with E-state index in [0.717, 1.165) is 0 Å². The molecule has 166 valence electrons. The van der Waals surface area contributed by atoms with Gasteiger partial charge in [0.25, 0.3) is 11.8 Å². The maximum Gasteiger partial charge on any atom is 0.343 e. The molecule has 9 heteroatoms. The molecule has 1 unspecified atom stereocenters. The number of imide groups is 1. The second kappa shape index (κ2) is 9.47. The molecule has 0 saturated heterocycles. The van der Waals surface area contributed by atoms with Crippen molar-refractivity contribution >= 4 is 29.4 Å². The zero-order chi connectivity index (χ0) is 23.4. The summed E-state index contributed by atoms with van der Waals surface area (Å²) in [4.78, 5) is 44.3. The molecule has 0 fully saturated rings. The molecule has 3 rings (SSSR count). The van der Waals surface area contributed by atoms with E-state index in [4.69, 9.17) is 11.2 Å². The van der Waals surface area contributed by atoms with E-state index in [2.05, 4.69) is 21.3 Å². The lowest BCUT2D eigenvalue weighted by Crippen LogP contribution is -2.50. The number of nitrogens with one attached hydrogen (secondary N) is 1. The molecular weight excluding hydrogens is 410 g/mol. The number of hydrogen-bond donors (Lipinski definition) is 1. The second-order valence-corrected chi connectivity index (χ2v) is 7.50. The summed E-state index contributed by atoms with van der Waals surface area (Å²) in [6.45, 7) is 5.67. The first-order chi connectivity index (χ1) is 15.3. The van der Waals surface area contributed by atoms with E-state index in [-0.39, 0.29) is 30.5 Å². The third-order valence-electron chi connectivity index (χ3n) is 5.04. The van der Waals surface area contributed by atoms with Crippen molar-refractivity contribution in [3.05, 3.63) is 47.2 Å². The molecule has 2 aromatic rings. The molecular formula is C23H25N5O4. The van der Waals surface area contributed by atoms with Crippen LogP contribution in [0.15, 0.2) is 35.5 Å². The van der Waals surface area contributed by atoms with E-state index in [0.29, 0.717) is 16.9 Å². The minimum absolute atomic E-state index is 0.0152. The molecule has 1 aromatic carbocycles. The number of nitrogens with zero attached hydrogens (tertiary/aromatic N) is 4. The van der Waals surface area contributed by atoms with Gasteiger partial charge in [-0.15, -0.1) is 6.42 Å². The number of hydrogen-bond acceptors (Lipinski definition) is 6. The van der Waals surface area contributed by atoms with Gasteiger partial charge in [-0.2, -0.15) is 5.10 Å². The Balaban J connectivity index is 2.05. The van der Waals surface area contributed by atoms with Crippen LogP contribution in [0.25, 0.3) is 0 Å². The number of amides is 2. The Labute approximate surface area is 186 Å². The molecule has 0 spiro atoms. The first-order valence-electron chi connectivity index (χ1n) is 10.2. The summed E-state index contributed by atoms with van der Waals surface area (Å²) in [6.07, 6.45) is 6.81. The van der Waals surface area contributed by atoms with Crippen molar-refractivity contribution in [2.45, 2.75) is 26.8 Å². The Morgan fingerprint density at radius 3 is 2.41 bits per heavy atom. The molecule has 0 aliphatic carbocycles. The van der Waals surface area contributed by atoms with Crippen LogP contribution >= 0.6 is 0 Å². The van der Waals surface area contributed by atoms with Gasteiger partial charge in [0.1, 0.15) is 29.8 Å². The molecule has 9 nitrogen and oxygen atoms in total. The fourth-order valence-corrected chi connectivity index (χ4v) is 3.60. The van der Waals surface area contributed by atoms with Crippen LogP contribution in [0.3, 0.4) is 0 Å². The maximum absolute atomic E-state index is 13.2. The summed E-state index contributed by atoms with van der Waals surface area (Å²) in [5.41, 5.74) is 0.881. The van der Waals surface area contributed by atoms with Gasteiger partial charge in [0.2, 0.25) is 0 Å². The standard InChI is InChI=1S/C23H25N5O4/c1-6-12-24-19(26-20-17(13-25-27(20)5)23(31)32-7-2)18(14(3)4)28-21(29)15-10-8-9-11-16(15)22(28)30/h1,8-11,13-14,18H,7,12H2,2-5H3,(H,24,26). The van der Waals surface area contributed by atoms with Gasteiger partial charge in [0, 0.05) is 7.05 Å². The van der Waals surface area contributed by atoms with Gasteiger partial charge in [0.05, 0.1) is 23.9 Å². The Kier molecular flexibility index (Phi) is 6.73. The number of terminal acetylenes is 1. The summed E-state index contributed by atoms with van der Waals surface area (Å²) in [7, 11) is 1.65. The Morgan fingerprint density at radius 1 is 1.25 bits per heavy atom. The van der Waals surface area contributed by atoms with E-state index in [1.54, 1.807) is 38.2 Å². The average Bonchev–Trinajstić information content (AvgIpc) is 3.25. The molecule has 0 radical (unpaired) electrons. The van der Waals surface area contributed by atoms with Crippen LogP contribution in [-0.2, 0) is 11.8 Å². The lowest BCUT2D eigenvalue weighted by molar-refractivity contribution is 0.0525. The van der Waals surface area contributed by atoms with Crippen molar-refractivity contribution in [1.82, 2.24) is 14.7 Å². The molecule has 0 bridgehead atoms. The summed E-state index contributed by atoms with van der Waals surface area (Å²) in [5, 5.41) is 7.23. The van der Waals surface area contributed by atoms with Gasteiger partial charge in [-0.1, -0.05) is 31.9 Å². The Morgan fingerprint density at radius 2 is 1.88 bits per heavy atom. The number of benzene rings is 1. The van der Waals surface area contributed by atoms with Crippen LogP contribution in [0, 0.1) is 18.3 Å². The zero-order valence-electron chi connectivity index (χ0n) is 18.5. The number of rotatable bonds is 7. The number of aromatic nitrogens is 2. The largest absolute Gasteiger partial charge is 0.462 e. The number of amidine groups is 1. The predicted octanol–water partition coefficient (Wildman–Crippen LogP) is 2.36. The van der Waals surface area contributed by atoms with Gasteiger partial charge < -0.3 is 10.1 Å². The van der Waals surface area contributed by atoms with E-state index in [1.165, 1.54) is 15.8 Å².